The molecule has 0 aliphatic rings. The standard InChI is InChI=1S/C17H33NO3/c1-16(2,3)14(19)11-12-18-15(20)10-8-7-9-13-21-17(4,5)6/h7-13H2,1-6H3,(H,18,20). The molecule has 0 atom stereocenters. The zero-order valence-electron chi connectivity index (χ0n) is 14.7. The molecule has 0 saturated heterocycles. The Bertz CT molecular complexity index is 324. The van der Waals surface area contributed by atoms with E-state index in [9.17, 15) is 9.59 Å². The second kappa shape index (κ2) is 9.19. The Hall–Kier alpha value is -0.900. The normalized spacial score (nSPS) is 12.3. The van der Waals surface area contributed by atoms with Crippen molar-refractivity contribution in [3.63, 3.8) is 0 Å². The zero-order valence-corrected chi connectivity index (χ0v) is 14.7. The minimum atomic E-state index is -0.322. The summed E-state index contributed by atoms with van der Waals surface area (Å²) in [6, 6.07) is 0. The largest absolute Gasteiger partial charge is 0.376 e. The van der Waals surface area contributed by atoms with E-state index in [0.717, 1.165) is 25.9 Å². The topological polar surface area (TPSA) is 55.4 Å². The molecule has 124 valence electrons. The first-order valence-corrected chi connectivity index (χ1v) is 7.96. The van der Waals surface area contributed by atoms with E-state index in [1.165, 1.54) is 0 Å². The Labute approximate surface area is 130 Å². The van der Waals surface area contributed by atoms with Gasteiger partial charge in [-0.15, -0.1) is 0 Å². The van der Waals surface area contributed by atoms with E-state index in [4.69, 9.17) is 4.74 Å². The minimum absolute atomic E-state index is 0.0356. The molecule has 0 aromatic heterocycles. The van der Waals surface area contributed by atoms with Gasteiger partial charge in [0.1, 0.15) is 5.78 Å². The lowest BCUT2D eigenvalue weighted by atomic mass is 9.89. The van der Waals surface area contributed by atoms with Gasteiger partial charge in [-0.05, 0) is 33.6 Å². The second-order valence-corrected chi connectivity index (χ2v) is 7.54. The molecule has 1 N–H and O–H groups in total. The van der Waals surface area contributed by atoms with Crippen LogP contribution in [0, 0.1) is 5.41 Å². The summed E-state index contributed by atoms with van der Waals surface area (Å²) in [5, 5.41) is 2.81. The molecule has 4 nitrogen and oxygen atoms in total. The van der Waals surface area contributed by atoms with Gasteiger partial charge < -0.3 is 10.1 Å². The van der Waals surface area contributed by atoms with Crippen LogP contribution in [0.15, 0.2) is 0 Å². The van der Waals surface area contributed by atoms with Crippen molar-refractivity contribution in [3.8, 4) is 0 Å². The van der Waals surface area contributed by atoms with Crippen molar-refractivity contribution >= 4 is 11.7 Å². The molecule has 0 saturated carbocycles. The van der Waals surface area contributed by atoms with Crippen molar-refractivity contribution in [1.82, 2.24) is 5.32 Å². The first-order valence-electron chi connectivity index (χ1n) is 7.96. The van der Waals surface area contributed by atoms with Crippen LogP contribution in [0.1, 0.15) is 73.6 Å². The van der Waals surface area contributed by atoms with Crippen molar-refractivity contribution in [1.29, 1.82) is 0 Å². The van der Waals surface area contributed by atoms with Gasteiger partial charge in [0.15, 0.2) is 0 Å². The van der Waals surface area contributed by atoms with Gasteiger partial charge >= 0.3 is 0 Å². The Balaban J connectivity index is 3.54. The first-order chi connectivity index (χ1) is 9.52. The monoisotopic (exact) mass is 299 g/mol. The third-order valence-corrected chi connectivity index (χ3v) is 3.09. The summed E-state index contributed by atoms with van der Waals surface area (Å²) in [5.74, 6) is 0.218. The average molecular weight is 299 g/mol. The Kier molecular flexibility index (Phi) is 8.79. The smallest absolute Gasteiger partial charge is 0.220 e. The number of nitrogens with one attached hydrogen (secondary N) is 1. The molecule has 21 heavy (non-hydrogen) atoms. The lowest BCUT2D eigenvalue weighted by Crippen LogP contribution is -2.29. The van der Waals surface area contributed by atoms with Gasteiger partial charge in [0.25, 0.3) is 0 Å². The van der Waals surface area contributed by atoms with E-state index in [1.54, 1.807) is 0 Å². The molecule has 0 aromatic carbocycles. The highest BCUT2D eigenvalue weighted by atomic mass is 16.5. The van der Waals surface area contributed by atoms with Crippen LogP contribution in [0.3, 0.4) is 0 Å². The molecule has 0 fully saturated rings. The van der Waals surface area contributed by atoms with Gasteiger partial charge in [-0.3, -0.25) is 9.59 Å². The number of carbonyl (C=O) groups excluding carboxylic acids is 2. The fourth-order valence-electron chi connectivity index (χ4n) is 1.72. The van der Waals surface area contributed by atoms with Crippen molar-refractivity contribution in [2.24, 2.45) is 5.41 Å². The Morgan fingerprint density at radius 1 is 0.905 bits per heavy atom. The lowest BCUT2D eigenvalue weighted by Gasteiger charge is -2.19. The van der Waals surface area contributed by atoms with Crippen LogP contribution >= 0.6 is 0 Å². The van der Waals surface area contributed by atoms with E-state index in [2.05, 4.69) is 5.32 Å². The van der Waals surface area contributed by atoms with Crippen LogP contribution in [-0.4, -0.2) is 30.4 Å². The molecule has 0 spiro atoms. The number of carbonyl (C=O) groups is 2. The number of hydrogen-bond donors (Lipinski definition) is 1. The van der Waals surface area contributed by atoms with Crippen LogP contribution in [0.2, 0.25) is 0 Å². The predicted molar refractivity (Wildman–Crippen MR) is 86.3 cm³/mol. The van der Waals surface area contributed by atoms with Crippen molar-refractivity contribution in [2.45, 2.75) is 79.2 Å². The molecule has 0 bridgehead atoms. The number of ether oxygens (including phenoxy) is 1. The molecule has 0 heterocycles. The predicted octanol–water partition coefficient (Wildman–Crippen LogP) is 3.48. The molecule has 0 aliphatic heterocycles. The number of amides is 1. The molecular weight excluding hydrogens is 266 g/mol. The highest BCUT2D eigenvalue weighted by Gasteiger charge is 2.20. The lowest BCUT2D eigenvalue weighted by molar-refractivity contribution is -0.126. The molecule has 0 radical (unpaired) electrons. The van der Waals surface area contributed by atoms with Gasteiger partial charge in [0.05, 0.1) is 5.60 Å². The molecule has 0 aliphatic carbocycles. The maximum atomic E-state index is 11.7. The van der Waals surface area contributed by atoms with E-state index >= 15 is 0 Å². The summed E-state index contributed by atoms with van der Waals surface area (Å²) in [5.41, 5.74) is -0.408. The Morgan fingerprint density at radius 2 is 1.52 bits per heavy atom. The van der Waals surface area contributed by atoms with Gasteiger partial charge in [-0.2, -0.15) is 0 Å². The molecule has 0 unspecified atom stereocenters. The number of hydrogen-bond acceptors (Lipinski definition) is 3. The van der Waals surface area contributed by atoms with Crippen LogP contribution in [0.4, 0.5) is 0 Å². The van der Waals surface area contributed by atoms with E-state index in [-0.39, 0.29) is 22.7 Å². The summed E-state index contributed by atoms with van der Waals surface area (Å²) < 4.78 is 5.62. The summed E-state index contributed by atoms with van der Waals surface area (Å²) in [6.45, 7) is 13.0. The van der Waals surface area contributed by atoms with Crippen LogP contribution in [0.5, 0.6) is 0 Å². The average Bonchev–Trinajstić information content (AvgIpc) is 2.31. The third-order valence-electron chi connectivity index (χ3n) is 3.09. The van der Waals surface area contributed by atoms with Crippen LogP contribution < -0.4 is 5.32 Å². The fraction of sp³-hybridized carbons (Fsp3) is 0.882. The third kappa shape index (κ3) is 12.5. The highest BCUT2D eigenvalue weighted by Crippen LogP contribution is 2.16. The number of ketones is 1. The number of unbranched alkanes of at least 4 members (excludes halogenated alkanes) is 2. The van der Waals surface area contributed by atoms with E-state index in [0.29, 0.717) is 19.4 Å². The second-order valence-electron chi connectivity index (χ2n) is 7.54. The maximum Gasteiger partial charge on any atom is 0.220 e. The maximum absolute atomic E-state index is 11.7. The van der Waals surface area contributed by atoms with Crippen LogP contribution in [-0.2, 0) is 14.3 Å². The van der Waals surface area contributed by atoms with E-state index < -0.39 is 0 Å². The minimum Gasteiger partial charge on any atom is -0.376 e. The highest BCUT2D eigenvalue weighted by molar-refractivity contribution is 5.84. The van der Waals surface area contributed by atoms with Crippen LogP contribution in [0.25, 0.3) is 0 Å². The van der Waals surface area contributed by atoms with Gasteiger partial charge in [0.2, 0.25) is 5.91 Å². The first kappa shape index (κ1) is 20.1. The van der Waals surface area contributed by atoms with E-state index in [1.807, 2.05) is 41.5 Å². The van der Waals surface area contributed by atoms with Gasteiger partial charge in [0, 0.05) is 31.4 Å². The molecular formula is C17H33NO3. The van der Waals surface area contributed by atoms with Crippen molar-refractivity contribution < 1.29 is 14.3 Å². The summed E-state index contributed by atoms with van der Waals surface area (Å²) in [4.78, 5) is 23.3. The van der Waals surface area contributed by atoms with Gasteiger partial charge in [-0.1, -0.05) is 27.2 Å². The SMILES string of the molecule is CC(C)(C)OCCCCCC(=O)NCCC(=O)C(C)(C)C. The summed E-state index contributed by atoms with van der Waals surface area (Å²) >= 11 is 0. The molecule has 0 rings (SSSR count). The quantitative estimate of drug-likeness (QED) is 0.663. The summed E-state index contributed by atoms with van der Waals surface area (Å²) in [6.07, 6.45) is 3.78. The fourth-order valence-corrected chi connectivity index (χ4v) is 1.72. The van der Waals surface area contributed by atoms with Gasteiger partial charge in [-0.25, -0.2) is 0 Å². The molecule has 1 amide bonds. The molecule has 4 heteroatoms. The van der Waals surface area contributed by atoms with Crippen molar-refractivity contribution in [2.75, 3.05) is 13.2 Å². The Morgan fingerprint density at radius 3 is 2.05 bits per heavy atom. The summed E-state index contributed by atoms with van der Waals surface area (Å²) in [7, 11) is 0. The van der Waals surface area contributed by atoms with Crippen molar-refractivity contribution in [3.05, 3.63) is 0 Å². The number of rotatable bonds is 9. The number of Topliss-reactive ketones (excluding diaryl/α,β-unsaturated/α-hetero) is 1. The molecule has 0 aromatic rings. The zero-order chi connectivity index (χ0) is 16.5.